The number of anilines is 1. The van der Waals surface area contributed by atoms with Crippen molar-refractivity contribution in [2.75, 3.05) is 12.4 Å². The van der Waals surface area contributed by atoms with E-state index in [9.17, 15) is 9.59 Å². The predicted molar refractivity (Wildman–Crippen MR) is 88.8 cm³/mol. The van der Waals surface area contributed by atoms with Gasteiger partial charge in [-0.05, 0) is 6.07 Å². The number of carbonyl (C=O) groups is 1. The van der Waals surface area contributed by atoms with Crippen molar-refractivity contribution in [1.29, 1.82) is 0 Å². The third-order valence-corrected chi connectivity index (χ3v) is 3.42. The zero-order valence-electron chi connectivity index (χ0n) is 12.8. The second-order valence-corrected chi connectivity index (χ2v) is 5.07. The molecule has 1 amide bonds. The fourth-order valence-electron chi connectivity index (χ4n) is 2.38. The fraction of sp³-hybridized carbons (Fsp3) is 0.111. The van der Waals surface area contributed by atoms with Crippen LogP contribution in [0.3, 0.4) is 0 Å². The molecule has 0 saturated heterocycles. The van der Waals surface area contributed by atoms with Gasteiger partial charge in [-0.2, -0.15) is 0 Å². The average Bonchev–Trinajstić information content (AvgIpc) is 2.55. The highest BCUT2D eigenvalue weighted by atomic mass is 16.5. The molecule has 0 unspecified atom stereocenters. The van der Waals surface area contributed by atoms with Crippen molar-refractivity contribution in [3.8, 4) is 17.1 Å². The minimum atomic E-state index is -0.243. The summed E-state index contributed by atoms with van der Waals surface area (Å²) in [6.45, 7) is 1.39. The number of methoxy groups -OCH3 is 1. The normalized spacial score (nSPS) is 10.5. The van der Waals surface area contributed by atoms with Crippen molar-refractivity contribution in [3.05, 3.63) is 58.8 Å². The highest BCUT2D eigenvalue weighted by Crippen LogP contribution is 2.31. The van der Waals surface area contributed by atoms with E-state index in [2.05, 4.69) is 5.32 Å². The van der Waals surface area contributed by atoms with E-state index in [1.807, 2.05) is 30.3 Å². The maximum atomic E-state index is 12.4. The molecule has 5 heteroatoms. The summed E-state index contributed by atoms with van der Waals surface area (Å²) >= 11 is 0. The van der Waals surface area contributed by atoms with E-state index >= 15 is 0 Å². The molecule has 0 spiro atoms. The largest absolute Gasteiger partial charge is 0.494 e. The molecule has 0 aliphatic carbocycles. The van der Waals surface area contributed by atoms with Crippen molar-refractivity contribution in [2.24, 2.45) is 0 Å². The zero-order valence-corrected chi connectivity index (χ0v) is 12.8. The maximum absolute atomic E-state index is 12.4. The lowest BCUT2D eigenvalue weighted by atomic mass is 10.1. The van der Waals surface area contributed by atoms with E-state index < -0.39 is 0 Å². The third kappa shape index (κ3) is 2.94. The SMILES string of the molecule is COc1cc2oc(-c3ccccc3)cc(=O)c2cc1NC(C)=O. The van der Waals surface area contributed by atoms with Gasteiger partial charge in [-0.25, -0.2) is 0 Å². The lowest BCUT2D eigenvalue weighted by Crippen LogP contribution is -2.08. The van der Waals surface area contributed by atoms with Crippen molar-refractivity contribution < 1.29 is 13.9 Å². The number of amides is 1. The minimum absolute atomic E-state index is 0.181. The Morgan fingerprint density at radius 1 is 1.13 bits per heavy atom. The summed E-state index contributed by atoms with van der Waals surface area (Å²) in [5.41, 5.74) is 1.48. The first-order valence-electron chi connectivity index (χ1n) is 7.07. The molecule has 1 N–H and O–H groups in total. The highest BCUT2D eigenvalue weighted by molar-refractivity contribution is 5.94. The van der Waals surface area contributed by atoms with Crippen LogP contribution in [-0.2, 0) is 4.79 Å². The maximum Gasteiger partial charge on any atom is 0.221 e. The van der Waals surface area contributed by atoms with Gasteiger partial charge in [-0.1, -0.05) is 30.3 Å². The van der Waals surface area contributed by atoms with Crippen molar-refractivity contribution >= 4 is 22.6 Å². The predicted octanol–water partition coefficient (Wildman–Crippen LogP) is 3.43. The molecule has 0 radical (unpaired) electrons. The van der Waals surface area contributed by atoms with Gasteiger partial charge in [-0.15, -0.1) is 0 Å². The Labute approximate surface area is 132 Å². The number of rotatable bonds is 3. The number of carbonyl (C=O) groups excluding carboxylic acids is 1. The van der Waals surface area contributed by atoms with E-state index in [1.54, 1.807) is 12.1 Å². The summed E-state index contributed by atoms with van der Waals surface area (Å²) < 4.78 is 11.1. The van der Waals surface area contributed by atoms with Crippen LogP contribution >= 0.6 is 0 Å². The second-order valence-electron chi connectivity index (χ2n) is 5.07. The van der Waals surface area contributed by atoms with Gasteiger partial charge in [0.1, 0.15) is 17.1 Å². The minimum Gasteiger partial charge on any atom is -0.494 e. The van der Waals surface area contributed by atoms with Gasteiger partial charge >= 0.3 is 0 Å². The molecule has 1 aromatic heterocycles. The van der Waals surface area contributed by atoms with Crippen LogP contribution in [0.4, 0.5) is 5.69 Å². The third-order valence-electron chi connectivity index (χ3n) is 3.42. The molecule has 0 atom stereocenters. The van der Waals surface area contributed by atoms with Gasteiger partial charge in [0.25, 0.3) is 0 Å². The molecule has 0 bridgehead atoms. The monoisotopic (exact) mass is 309 g/mol. The molecule has 2 aromatic carbocycles. The van der Waals surface area contributed by atoms with Gasteiger partial charge in [0.05, 0.1) is 18.2 Å². The molecule has 0 saturated carbocycles. The smallest absolute Gasteiger partial charge is 0.221 e. The average molecular weight is 309 g/mol. The number of fused-ring (bicyclic) bond motifs is 1. The topological polar surface area (TPSA) is 68.5 Å². The van der Waals surface area contributed by atoms with Crippen LogP contribution in [0.1, 0.15) is 6.92 Å². The number of hydrogen-bond acceptors (Lipinski definition) is 4. The van der Waals surface area contributed by atoms with E-state index in [4.69, 9.17) is 9.15 Å². The Kier molecular flexibility index (Phi) is 3.85. The standard InChI is InChI=1S/C18H15NO4/c1-11(20)19-14-8-13-15(21)9-16(12-6-4-3-5-7-12)23-17(13)10-18(14)22-2/h3-10H,1-2H3,(H,19,20). The second kappa shape index (κ2) is 5.96. The van der Waals surface area contributed by atoms with Crippen LogP contribution in [0.2, 0.25) is 0 Å². The first-order valence-corrected chi connectivity index (χ1v) is 7.07. The van der Waals surface area contributed by atoms with Gasteiger partial charge in [0.2, 0.25) is 5.91 Å². The van der Waals surface area contributed by atoms with Crippen LogP contribution in [0.15, 0.2) is 57.7 Å². The van der Waals surface area contributed by atoms with Gasteiger partial charge in [0.15, 0.2) is 5.43 Å². The first-order chi connectivity index (χ1) is 11.1. The van der Waals surface area contributed by atoms with E-state index in [1.165, 1.54) is 20.1 Å². The van der Waals surface area contributed by atoms with Gasteiger partial charge in [0, 0.05) is 24.6 Å². The van der Waals surface area contributed by atoms with Crippen LogP contribution < -0.4 is 15.5 Å². The molecule has 23 heavy (non-hydrogen) atoms. The lowest BCUT2D eigenvalue weighted by Gasteiger charge is -2.10. The van der Waals surface area contributed by atoms with E-state index in [0.717, 1.165) is 5.56 Å². The van der Waals surface area contributed by atoms with Crippen LogP contribution in [0.25, 0.3) is 22.3 Å². The van der Waals surface area contributed by atoms with Crippen LogP contribution in [0.5, 0.6) is 5.75 Å². The lowest BCUT2D eigenvalue weighted by molar-refractivity contribution is -0.114. The molecule has 1 heterocycles. The summed E-state index contributed by atoms with van der Waals surface area (Å²) in [5.74, 6) is 0.673. The van der Waals surface area contributed by atoms with E-state index in [0.29, 0.717) is 28.2 Å². The summed E-state index contributed by atoms with van der Waals surface area (Å²) in [4.78, 5) is 23.7. The molecule has 0 aliphatic heterocycles. The summed E-state index contributed by atoms with van der Waals surface area (Å²) in [6.07, 6.45) is 0. The van der Waals surface area contributed by atoms with Crippen molar-refractivity contribution in [3.63, 3.8) is 0 Å². The molecule has 3 rings (SSSR count). The van der Waals surface area contributed by atoms with Gasteiger partial charge in [-0.3, -0.25) is 9.59 Å². The summed E-state index contributed by atoms with van der Waals surface area (Å²) in [6, 6.07) is 14.0. The zero-order chi connectivity index (χ0) is 16.4. The van der Waals surface area contributed by atoms with Crippen LogP contribution in [0, 0.1) is 0 Å². The summed E-state index contributed by atoms with van der Waals surface area (Å²) in [7, 11) is 1.49. The summed E-state index contributed by atoms with van der Waals surface area (Å²) in [5, 5.41) is 3.03. The van der Waals surface area contributed by atoms with E-state index in [-0.39, 0.29) is 11.3 Å². The Hall–Kier alpha value is -3.08. The Morgan fingerprint density at radius 3 is 2.52 bits per heavy atom. The molecule has 116 valence electrons. The van der Waals surface area contributed by atoms with Crippen molar-refractivity contribution in [2.45, 2.75) is 6.92 Å². The number of benzene rings is 2. The quantitative estimate of drug-likeness (QED) is 0.805. The molecule has 0 fully saturated rings. The Bertz CT molecular complexity index is 929. The molecular weight excluding hydrogens is 294 g/mol. The van der Waals surface area contributed by atoms with Gasteiger partial charge < -0.3 is 14.5 Å². The molecule has 5 nitrogen and oxygen atoms in total. The molecular formula is C18H15NO4. The number of ether oxygens (including phenoxy) is 1. The first kappa shape index (κ1) is 14.8. The molecule has 3 aromatic rings. The number of nitrogens with one attached hydrogen (secondary N) is 1. The highest BCUT2D eigenvalue weighted by Gasteiger charge is 2.12. The number of hydrogen-bond donors (Lipinski definition) is 1. The van der Waals surface area contributed by atoms with Crippen LogP contribution in [-0.4, -0.2) is 13.0 Å². The molecule has 0 aliphatic rings. The van der Waals surface area contributed by atoms with Crippen molar-refractivity contribution in [1.82, 2.24) is 0 Å². The Morgan fingerprint density at radius 2 is 1.87 bits per heavy atom. The Balaban J connectivity index is 2.21. The fourth-order valence-corrected chi connectivity index (χ4v) is 2.38.